The third-order valence-corrected chi connectivity index (χ3v) is 4.70. The predicted molar refractivity (Wildman–Crippen MR) is 78.9 cm³/mol. The summed E-state index contributed by atoms with van der Waals surface area (Å²) in [7, 11) is 0. The van der Waals surface area contributed by atoms with Gasteiger partial charge in [-0.05, 0) is 39.2 Å². The maximum atomic E-state index is 12.7. The highest BCUT2D eigenvalue weighted by atomic mass is 16.5. The summed E-state index contributed by atoms with van der Waals surface area (Å²) in [6.45, 7) is 4.99. The maximum absolute atomic E-state index is 12.7. The Kier molecular flexibility index (Phi) is 3.68. The number of nitrogens with zero attached hydrogens (tertiary/aromatic N) is 1. The molecule has 0 aromatic heterocycles. The summed E-state index contributed by atoms with van der Waals surface area (Å²) in [5.41, 5.74) is 1.19. The Morgan fingerprint density at radius 3 is 2.70 bits per heavy atom. The molecule has 3 nitrogen and oxygen atoms in total. The molecule has 0 bridgehead atoms. The van der Waals surface area contributed by atoms with Crippen LogP contribution in [0.1, 0.15) is 51.0 Å². The van der Waals surface area contributed by atoms with Gasteiger partial charge in [0.25, 0.3) is 0 Å². The molecule has 3 atom stereocenters. The summed E-state index contributed by atoms with van der Waals surface area (Å²) in [5, 5.41) is 0. The minimum atomic E-state index is 0.222. The van der Waals surface area contributed by atoms with Crippen LogP contribution in [-0.2, 0) is 4.79 Å². The second-order valence-electron chi connectivity index (χ2n) is 6.18. The molecule has 1 fully saturated rings. The van der Waals surface area contributed by atoms with Gasteiger partial charge in [0.05, 0.1) is 6.61 Å². The number of benzene rings is 1. The number of fused-ring (bicyclic) bond motifs is 1. The Morgan fingerprint density at radius 2 is 1.95 bits per heavy atom. The number of para-hydroxylation sites is 1. The molecule has 20 heavy (non-hydrogen) atoms. The van der Waals surface area contributed by atoms with E-state index in [0.717, 1.165) is 18.6 Å². The second kappa shape index (κ2) is 5.47. The van der Waals surface area contributed by atoms with E-state index in [1.54, 1.807) is 0 Å². The molecule has 0 N–H and O–H groups in total. The minimum absolute atomic E-state index is 0.222. The zero-order chi connectivity index (χ0) is 14.1. The van der Waals surface area contributed by atoms with Gasteiger partial charge in [0.1, 0.15) is 5.75 Å². The molecule has 0 spiro atoms. The van der Waals surface area contributed by atoms with Crippen molar-refractivity contribution in [2.45, 2.75) is 57.5 Å². The smallest absolute Gasteiger partial charge is 0.223 e. The number of hydrogen-bond donors (Lipinski definition) is 0. The molecule has 0 aliphatic carbocycles. The number of carbonyl (C=O) groups is 1. The molecule has 2 heterocycles. The predicted octanol–water partition coefficient (Wildman–Crippen LogP) is 3.34. The summed E-state index contributed by atoms with van der Waals surface area (Å²) in [6, 6.07) is 8.84. The Hall–Kier alpha value is -1.51. The standard InChI is InChI=1S/C17H23NO2/c1-12-6-5-7-13(2)18(12)17(19)10-14-11-20-16-9-4-3-8-15(14)16/h3-4,8-9,12-14H,5-7,10-11H2,1-2H3. The van der Waals surface area contributed by atoms with Crippen LogP contribution in [0, 0.1) is 0 Å². The van der Waals surface area contributed by atoms with Crippen molar-refractivity contribution in [3.8, 4) is 5.75 Å². The van der Waals surface area contributed by atoms with Gasteiger partial charge < -0.3 is 9.64 Å². The summed E-state index contributed by atoms with van der Waals surface area (Å²) < 4.78 is 5.68. The van der Waals surface area contributed by atoms with Gasteiger partial charge in [-0.25, -0.2) is 0 Å². The molecular formula is C17H23NO2. The molecule has 3 unspecified atom stereocenters. The van der Waals surface area contributed by atoms with E-state index >= 15 is 0 Å². The monoisotopic (exact) mass is 273 g/mol. The first kappa shape index (κ1) is 13.5. The number of carbonyl (C=O) groups excluding carboxylic acids is 1. The van der Waals surface area contributed by atoms with Crippen molar-refractivity contribution in [1.29, 1.82) is 0 Å². The molecule has 0 radical (unpaired) electrons. The van der Waals surface area contributed by atoms with Crippen LogP contribution in [0.5, 0.6) is 5.75 Å². The molecule has 2 aliphatic heterocycles. The lowest BCUT2D eigenvalue weighted by Crippen LogP contribution is -2.47. The SMILES string of the molecule is CC1CCCC(C)N1C(=O)CC1COc2ccccc21. The average Bonchev–Trinajstić information content (AvgIpc) is 2.82. The highest BCUT2D eigenvalue weighted by molar-refractivity contribution is 5.78. The minimum Gasteiger partial charge on any atom is -0.493 e. The van der Waals surface area contributed by atoms with Crippen LogP contribution in [0.2, 0.25) is 0 Å². The van der Waals surface area contributed by atoms with Gasteiger partial charge in [-0.2, -0.15) is 0 Å². The molecule has 1 saturated heterocycles. The largest absolute Gasteiger partial charge is 0.493 e. The van der Waals surface area contributed by atoms with Crippen molar-refractivity contribution in [1.82, 2.24) is 4.90 Å². The van der Waals surface area contributed by atoms with Crippen LogP contribution in [0.25, 0.3) is 0 Å². The lowest BCUT2D eigenvalue weighted by molar-refractivity contribution is -0.137. The third kappa shape index (κ3) is 2.41. The number of likely N-dealkylation sites (tertiary alicyclic amines) is 1. The molecule has 2 aliphatic rings. The van der Waals surface area contributed by atoms with Gasteiger partial charge in [-0.15, -0.1) is 0 Å². The van der Waals surface area contributed by atoms with Gasteiger partial charge in [0.15, 0.2) is 0 Å². The fraction of sp³-hybridized carbons (Fsp3) is 0.588. The first-order valence-electron chi connectivity index (χ1n) is 7.69. The van der Waals surface area contributed by atoms with Gasteiger partial charge in [0, 0.05) is 30.0 Å². The quantitative estimate of drug-likeness (QED) is 0.827. The van der Waals surface area contributed by atoms with E-state index in [9.17, 15) is 4.79 Å². The average molecular weight is 273 g/mol. The van der Waals surface area contributed by atoms with Crippen molar-refractivity contribution in [3.63, 3.8) is 0 Å². The molecule has 108 valence electrons. The lowest BCUT2D eigenvalue weighted by atomic mass is 9.93. The van der Waals surface area contributed by atoms with Crippen molar-refractivity contribution in [3.05, 3.63) is 29.8 Å². The highest BCUT2D eigenvalue weighted by Crippen LogP contribution is 2.36. The number of amides is 1. The van der Waals surface area contributed by atoms with Crippen molar-refractivity contribution >= 4 is 5.91 Å². The van der Waals surface area contributed by atoms with Crippen molar-refractivity contribution in [2.24, 2.45) is 0 Å². The molecule has 3 rings (SSSR count). The van der Waals surface area contributed by atoms with E-state index in [2.05, 4.69) is 24.8 Å². The van der Waals surface area contributed by atoms with Gasteiger partial charge in [-0.3, -0.25) is 4.79 Å². The Morgan fingerprint density at radius 1 is 1.25 bits per heavy atom. The van der Waals surface area contributed by atoms with E-state index in [1.807, 2.05) is 18.2 Å². The number of ether oxygens (including phenoxy) is 1. The van der Waals surface area contributed by atoms with E-state index in [-0.39, 0.29) is 11.8 Å². The van der Waals surface area contributed by atoms with Crippen LogP contribution in [0.4, 0.5) is 0 Å². The fourth-order valence-electron chi connectivity index (χ4n) is 3.63. The second-order valence-corrected chi connectivity index (χ2v) is 6.18. The molecule has 0 saturated carbocycles. The zero-order valence-corrected chi connectivity index (χ0v) is 12.3. The first-order valence-corrected chi connectivity index (χ1v) is 7.69. The van der Waals surface area contributed by atoms with Gasteiger partial charge in [0.2, 0.25) is 5.91 Å². The Labute approximate surface area is 120 Å². The molecule has 1 amide bonds. The topological polar surface area (TPSA) is 29.5 Å². The van der Waals surface area contributed by atoms with E-state index in [1.165, 1.54) is 12.0 Å². The van der Waals surface area contributed by atoms with Crippen LogP contribution < -0.4 is 4.74 Å². The van der Waals surface area contributed by atoms with E-state index in [4.69, 9.17) is 4.74 Å². The number of piperidine rings is 1. The van der Waals surface area contributed by atoms with Gasteiger partial charge >= 0.3 is 0 Å². The third-order valence-electron chi connectivity index (χ3n) is 4.70. The summed E-state index contributed by atoms with van der Waals surface area (Å²) in [6.07, 6.45) is 4.08. The molecule has 1 aromatic carbocycles. The summed E-state index contributed by atoms with van der Waals surface area (Å²) >= 11 is 0. The normalized spacial score (nSPS) is 28.9. The highest BCUT2D eigenvalue weighted by Gasteiger charge is 2.32. The van der Waals surface area contributed by atoms with E-state index in [0.29, 0.717) is 25.1 Å². The van der Waals surface area contributed by atoms with Crippen molar-refractivity contribution < 1.29 is 9.53 Å². The first-order chi connectivity index (χ1) is 9.66. The Balaban J connectivity index is 1.71. The zero-order valence-electron chi connectivity index (χ0n) is 12.3. The van der Waals surface area contributed by atoms with E-state index < -0.39 is 0 Å². The summed E-state index contributed by atoms with van der Waals surface area (Å²) in [4.78, 5) is 14.8. The lowest BCUT2D eigenvalue weighted by Gasteiger charge is -2.39. The van der Waals surface area contributed by atoms with Crippen LogP contribution >= 0.6 is 0 Å². The summed E-state index contributed by atoms with van der Waals surface area (Å²) in [5.74, 6) is 1.46. The fourth-order valence-corrected chi connectivity index (χ4v) is 3.63. The Bertz CT molecular complexity index is 490. The van der Waals surface area contributed by atoms with Crippen LogP contribution in [0.3, 0.4) is 0 Å². The van der Waals surface area contributed by atoms with Crippen molar-refractivity contribution in [2.75, 3.05) is 6.61 Å². The molecular weight excluding hydrogens is 250 g/mol. The number of hydrogen-bond acceptors (Lipinski definition) is 2. The maximum Gasteiger partial charge on any atom is 0.223 e. The molecule has 1 aromatic rings. The van der Waals surface area contributed by atoms with Gasteiger partial charge in [-0.1, -0.05) is 18.2 Å². The number of rotatable bonds is 2. The van der Waals surface area contributed by atoms with Crippen LogP contribution in [0.15, 0.2) is 24.3 Å². The molecule has 3 heteroatoms. The van der Waals surface area contributed by atoms with Crippen LogP contribution in [-0.4, -0.2) is 29.5 Å².